The topological polar surface area (TPSA) is 32.5 Å². The third-order valence-electron chi connectivity index (χ3n) is 4.82. The zero-order chi connectivity index (χ0) is 14.1. The first-order valence-electron chi connectivity index (χ1n) is 8.37. The van der Waals surface area contributed by atoms with E-state index in [-0.39, 0.29) is 0 Å². The molecule has 1 saturated heterocycles. The second kappa shape index (κ2) is 9.73. The highest BCUT2D eigenvalue weighted by atomic mass is 15.2. The Kier molecular flexibility index (Phi) is 8.67. The molecular weight excluding hydrogens is 234 g/mol. The zero-order valence-corrected chi connectivity index (χ0v) is 13.4. The van der Waals surface area contributed by atoms with Crippen LogP contribution < -0.4 is 5.73 Å². The number of nitrogens with two attached hydrogens (primary N) is 1. The molecule has 2 N–H and O–H groups in total. The molecule has 1 aliphatic heterocycles. The van der Waals surface area contributed by atoms with Crippen LogP contribution in [0.5, 0.6) is 0 Å². The van der Waals surface area contributed by atoms with Crippen LogP contribution in [0.15, 0.2) is 0 Å². The molecule has 1 unspecified atom stereocenters. The average molecular weight is 269 g/mol. The molecule has 1 atom stereocenters. The second-order valence-corrected chi connectivity index (χ2v) is 6.07. The van der Waals surface area contributed by atoms with Gasteiger partial charge in [-0.15, -0.1) is 0 Å². The van der Waals surface area contributed by atoms with Crippen LogP contribution in [0.1, 0.15) is 58.8 Å². The van der Waals surface area contributed by atoms with E-state index in [4.69, 9.17) is 5.73 Å². The Bertz CT molecular complexity index is 212. The molecule has 19 heavy (non-hydrogen) atoms. The van der Waals surface area contributed by atoms with Gasteiger partial charge in [-0.3, -0.25) is 4.90 Å². The van der Waals surface area contributed by atoms with Crippen LogP contribution in [0.3, 0.4) is 0 Å². The Morgan fingerprint density at radius 2 is 1.84 bits per heavy atom. The Morgan fingerprint density at radius 3 is 2.37 bits per heavy atom. The molecule has 114 valence electrons. The highest BCUT2D eigenvalue weighted by molar-refractivity contribution is 4.82. The molecule has 0 aromatic heterocycles. The number of unbranched alkanes of at least 4 members (excludes halogenated alkanes) is 3. The first kappa shape index (κ1) is 16.9. The molecule has 3 nitrogen and oxygen atoms in total. The van der Waals surface area contributed by atoms with E-state index in [1.54, 1.807) is 0 Å². The standard InChI is InChI=1S/C16H35N3/c1-4-6-7-8-9-16(14-17)18(3)15-10-12-19(5-2)13-11-15/h15-16H,4-14,17H2,1-3H3. The highest BCUT2D eigenvalue weighted by Gasteiger charge is 2.25. The number of likely N-dealkylation sites (N-methyl/N-ethyl adjacent to an activating group) is 1. The predicted octanol–water partition coefficient (Wildman–Crippen LogP) is 2.70. The van der Waals surface area contributed by atoms with Gasteiger partial charge in [0.2, 0.25) is 0 Å². The van der Waals surface area contributed by atoms with Gasteiger partial charge in [-0.2, -0.15) is 0 Å². The van der Waals surface area contributed by atoms with Crippen LogP contribution in [0.2, 0.25) is 0 Å². The summed E-state index contributed by atoms with van der Waals surface area (Å²) in [5, 5.41) is 0. The van der Waals surface area contributed by atoms with E-state index < -0.39 is 0 Å². The zero-order valence-electron chi connectivity index (χ0n) is 13.4. The van der Waals surface area contributed by atoms with Gasteiger partial charge in [0.1, 0.15) is 0 Å². The summed E-state index contributed by atoms with van der Waals surface area (Å²) in [7, 11) is 2.30. The summed E-state index contributed by atoms with van der Waals surface area (Å²) in [5.74, 6) is 0. The molecule has 0 aromatic rings. The predicted molar refractivity (Wildman–Crippen MR) is 84.5 cm³/mol. The molecule has 0 amide bonds. The minimum Gasteiger partial charge on any atom is -0.329 e. The largest absolute Gasteiger partial charge is 0.329 e. The van der Waals surface area contributed by atoms with Gasteiger partial charge in [0.25, 0.3) is 0 Å². The fraction of sp³-hybridized carbons (Fsp3) is 1.00. The fourth-order valence-electron chi connectivity index (χ4n) is 3.24. The summed E-state index contributed by atoms with van der Waals surface area (Å²) in [6.45, 7) is 9.08. The second-order valence-electron chi connectivity index (χ2n) is 6.07. The number of rotatable bonds is 9. The Labute approximate surface area is 120 Å². The van der Waals surface area contributed by atoms with Crippen molar-refractivity contribution in [3.8, 4) is 0 Å². The summed E-state index contributed by atoms with van der Waals surface area (Å²) < 4.78 is 0. The van der Waals surface area contributed by atoms with Crippen molar-refractivity contribution in [1.29, 1.82) is 0 Å². The number of piperidine rings is 1. The minimum atomic E-state index is 0.593. The van der Waals surface area contributed by atoms with E-state index in [2.05, 4.69) is 30.7 Å². The van der Waals surface area contributed by atoms with Gasteiger partial charge in [0, 0.05) is 18.6 Å². The lowest BCUT2D eigenvalue weighted by molar-refractivity contribution is 0.0962. The summed E-state index contributed by atoms with van der Waals surface area (Å²) in [4.78, 5) is 5.14. The molecule has 1 rings (SSSR count). The number of likely N-dealkylation sites (tertiary alicyclic amines) is 1. The van der Waals surface area contributed by atoms with Crippen molar-refractivity contribution in [3.05, 3.63) is 0 Å². The third kappa shape index (κ3) is 5.80. The first-order chi connectivity index (χ1) is 9.22. The number of hydrogen-bond acceptors (Lipinski definition) is 3. The highest BCUT2D eigenvalue weighted by Crippen LogP contribution is 2.19. The Hall–Kier alpha value is -0.120. The maximum atomic E-state index is 6.00. The molecule has 0 saturated carbocycles. The first-order valence-corrected chi connectivity index (χ1v) is 8.37. The van der Waals surface area contributed by atoms with E-state index in [0.717, 1.165) is 12.6 Å². The summed E-state index contributed by atoms with van der Waals surface area (Å²) in [6, 6.07) is 1.34. The van der Waals surface area contributed by atoms with Gasteiger partial charge in [-0.05, 0) is 45.9 Å². The molecule has 1 heterocycles. The average Bonchev–Trinajstić information content (AvgIpc) is 2.47. The van der Waals surface area contributed by atoms with Gasteiger partial charge in [0.15, 0.2) is 0 Å². The molecule has 0 aliphatic carbocycles. The maximum absolute atomic E-state index is 6.00. The van der Waals surface area contributed by atoms with Crippen LogP contribution in [-0.4, -0.2) is 55.1 Å². The van der Waals surface area contributed by atoms with E-state index in [0.29, 0.717) is 6.04 Å². The quantitative estimate of drug-likeness (QED) is 0.653. The van der Waals surface area contributed by atoms with Crippen LogP contribution in [-0.2, 0) is 0 Å². The van der Waals surface area contributed by atoms with Crippen molar-refractivity contribution in [2.24, 2.45) is 5.73 Å². The van der Waals surface area contributed by atoms with Crippen molar-refractivity contribution >= 4 is 0 Å². The van der Waals surface area contributed by atoms with Crippen LogP contribution >= 0.6 is 0 Å². The van der Waals surface area contributed by atoms with Gasteiger partial charge in [-0.1, -0.05) is 39.5 Å². The van der Waals surface area contributed by atoms with Crippen LogP contribution in [0.25, 0.3) is 0 Å². The van der Waals surface area contributed by atoms with E-state index >= 15 is 0 Å². The number of hydrogen-bond donors (Lipinski definition) is 1. The lowest BCUT2D eigenvalue weighted by Gasteiger charge is -2.40. The molecule has 1 fully saturated rings. The molecule has 1 aliphatic rings. The maximum Gasteiger partial charge on any atom is 0.0218 e. The molecule has 0 aromatic carbocycles. The summed E-state index contributed by atoms with van der Waals surface area (Å²) >= 11 is 0. The van der Waals surface area contributed by atoms with Gasteiger partial charge in [0.05, 0.1) is 0 Å². The summed E-state index contributed by atoms with van der Waals surface area (Å²) in [5.41, 5.74) is 6.00. The smallest absolute Gasteiger partial charge is 0.0218 e. The third-order valence-corrected chi connectivity index (χ3v) is 4.82. The summed E-state index contributed by atoms with van der Waals surface area (Å²) in [6.07, 6.45) is 9.31. The monoisotopic (exact) mass is 269 g/mol. The number of nitrogens with zero attached hydrogens (tertiary/aromatic N) is 2. The van der Waals surface area contributed by atoms with E-state index in [1.165, 1.54) is 64.6 Å². The normalized spacial score (nSPS) is 20.1. The van der Waals surface area contributed by atoms with E-state index in [9.17, 15) is 0 Å². The minimum absolute atomic E-state index is 0.593. The molecule has 0 radical (unpaired) electrons. The molecule has 0 bridgehead atoms. The van der Waals surface area contributed by atoms with Crippen LogP contribution in [0.4, 0.5) is 0 Å². The lowest BCUT2D eigenvalue weighted by atomic mass is 9.99. The fourth-order valence-corrected chi connectivity index (χ4v) is 3.24. The van der Waals surface area contributed by atoms with Crippen molar-refractivity contribution in [2.45, 2.75) is 70.9 Å². The molecule has 3 heteroatoms. The van der Waals surface area contributed by atoms with E-state index in [1.807, 2.05) is 0 Å². The van der Waals surface area contributed by atoms with Crippen molar-refractivity contribution in [3.63, 3.8) is 0 Å². The van der Waals surface area contributed by atoms with Gasteiger partial charge < -0.3 is 10.6 Å². The SMILES string of the molecule is CCCCCCC(CN)N(C)C1CCN(CC)CC1. The molecular formula is C16H35N3. The molecule has 0 spiro atoms. The van der Waals surface area contributed by atoms with Crippen molar-refractivity contribution in [2.75, 3.05) is 33.2 Å². The Morgan fingerprint density at radius 1 is 1.16 bits per heavy atom. The van der Waals surface area contributed by atoms with Gasteiger partial charge >= 0.3 is 0 Å². The van der Waals surface area contributed by atoms with Crippen molar-refractivity contribution in [1.82, 2.24) is 9.80 Å². The van der Waals surface area contributed by atoms with Crippen LogP contribution in [0, 0.1) is 0 Å². The van der Waals surface area contributed by atoms with Crippen molar-refractivity contribution < 1.29 is 0 Å². The Balaban J connectivity index is 2.30. The lowest BCUT2D eigenvalue weighted by Crippen LogP contribution is -2.49. The van der Waals surface area contributed by atoms with Gasteiger partial charge in [-0.25, -0.2) is 0 Å².